The number of amides is 2. The van der Waals surface area contributed by atoms with Gasteiger partial charge in [-0.05, 0) is 48.0 Å². The van der Waals surface area contributed by atoms with E-state index in [4.69, 9.17) is 0 Å². The van der Waals surface area contributed by atoms with Gasteiger partial charge in [0.25, 0.3) is 11.8 Å². The summed E-state index contributed by atoms with van der Waals surface area (Å²) in [4.78, 5) is 24.4. The van der Waals surface area contributed by atoms with E-state index in [0.717, 1.165) is 11.3 Å². The minimum absolute atomic E-state index is 0.0521. The number of hydrogen-bond acceptors (Lipinski definition) is 2. The zero-order valence-electron chi connectivity index (χ0n) is 14.2. The molecule has 4 rings (SSSR count). The summed E-state index contributed by atoms with van der Waals surface area (Å²) in [6.07, 6.45) is 3.92. The van der Waals surface area contributed by atoms with Crippen LogP contribution in [0.4, 0.5) is 0 Å². The van der Waals surface area contributed by atoms with Crippen LogP contribution in [0.1, 0.15) is 32.2 Å². The number of nitrogens with one attached hydrogen (secondary N) is 2. The Bertz CT molecular complexity index is 930. The molecule has 0 saturated heterocycles. The third-order valence-corrected chi connectivity index (χ3v) is 4.70. The Kier molecular flexibility index (Phi) is 4.27. The fourth-order valence-corrected chi connectivity index (χ4v) is 3.27. The average Bonchev–Trinajstić information content (AvgIpc) is 3.22. The van der Waals surface area contributed by atoms with Gasteiger partial charge in [-0.1, -0.05) is 18.2 Å². The molecule has 0 saturated carbocycles. The number of rotatable bonds is 4. The summed E-state index contributed by atoms with van der Waals surface area (Å²) in [5.41, 5.74) is 3.30. The topological polar surface area (TPSA) is 63.1 Å². The molecule has 2 aromatic carbocycles. The third kappa shape index (κ3) is 3.11. The highest BCUT2D eigenvalue weighted by Crippen LogP contribution is 2.23. The van der Waals surface area contributed by atoms with Gasteiger partial charge >= 0.3 is 0 Å². The van der Waals surface area contributed by atoms with E-state index in [1.54, 1.807) is 0 Å². The molecule has 2 N–H and O–H groups in total. The van der Waals surface area contributed by atoms with Crippen LogP contribution in [0.15, 0.2) is 73.1 Å². The number of hydrogen-bond donors (Lipinski definition) is 2. The predicted octanol–water partition coefficient (Wildman–Crippen LogP) is 2.73. The van der Waals surface area contributed by atoms with Gasteiger partial charge in [-0.25, -0.2) is 0 Å². The maximum absolute atomic E-state index is 12.5. The van der Waals surface area contributed by atoms with Crippen LogP contribution in [0.3, 0.4) is 0 Å². The van der Waals surface area contributed by atoms with Gasteiger partial charge in [0.1, 0.15) is 0 Å². The van der Waals surface area contributed by atoms with Crippen LogP contribution >= 0.6 is 0 Å². The molecule has 0 spiro atoms. The second-order valence-electron chi connectivity index (χ2n) is 6.34. The molecule has 1 unspecified atom stereocenters. The first kappa shape index (κ1) is 16.1. The normalized spacial score (nSPS) is 15.8. The summed E-state index contributed by atoms with van der Waals surface area (Å²) in [6.45, 7) is 1.01. The van der Waals surface area contributed by atoms with Gasteiger partial charge in [0.15, 0.2) is 0 Å². The van der Waals surface area contributed by atoms with Gasteiger partial charge in [-0.2, -0.15) is 0 Å². The van der Waals surface area contributed by atoms with E-state index in [1.165, 1.54) is 0 Å². The molecule has 0 aliphatic carbocycles. The summed E-state index contributed by atoms with van der Waals surface area (Å²) in [6, 6.07) is 19.0. The highest BCUT2D eigenvalue weighted by atomic mass is 16.2. The Labute approximate surface area is 151 Å². The van der Waals surface area contributed by atoms with Gasteiger partial charge in [0.2, 0.25) is 0 Å². The zero-order valence-corrected chi connectivity index (χ0v) is 14.2. The lowest BCUT2D eigenvalue weighted by Crippen LogP contribution is -2.40. The van der Waals surface area contributed by atoms with Crippen LogP contribution in [0, 0.1) is 0 Å². The molecule has 5 nitrogen and oxygen atoms in total. The molecule has 5 heteroatoms. The number of carbonyl (C=O) groups is 2. The number of aromatic nitrogens is 1. The molecule has 26 heavy (non-hydrogen) atoms. The monoisotopic (exact) mass is 345 g/mol. The van der Waals surface area contributed by atoms with Crippen molar-refractivity contribution in [3.8, 4) is 5.69 Å². The number of carbonyl (C=O) groups excluding carboxylic acids is 2. The summed E-state index contributed by atoms with van der Waals surface area (Å²) in [5.74, 6) is -0.0887. The van der Waals surface area contributed by atoms with Crippen LogP contribution in [-0.4, -0.2) is 29.5 Å². The van der Waals surface area contributed by atoms with E-state index in [9.17, 15) is 9.59 Å². The summed E-state index contributed by atoms with van der Waals surface area (Å²) < 4.78 is 1.99. The van der Waals surface area contributed by atoms with E-state index in [0.29, 0.717) is 24.2 Å². The van der Waals surface area contributed by atoms with Crippen LogP contribution in [-0.2, 0) is 0 Å². The molecule has 1 aromatic heterocycles. The van der Waals surface area contributed by atoms with E-state index >= 15 is 0 Å². The molecular formula is C21H19N3O2. The first-order chi connectivity index (χ1) is 12.7. The Hall–Kier alpha value is -3.34. The Morgan fingerprint density at radius 2 is 1.77 bits per heavy atom. The van der Waals surface area contributed by atoms with Crippen molar-refractivity contribution < 1.29 is 9.59 Å². The first-order valence-electron chi connectivity index (χ1n) is 8.61. The second-order valence-corrected chi connectivity index (χ2v) is 6.34. The summed E-state index contributed by atoms with van der Waals surface area (Å²) >= 11 is 0. The predicted molar refractivity (Wildman–Crippen MR) is 99.6 cm³/mol. The maximum atomic E-state index is 12.5. The van der Waals surface area contributed by atoms with Crippen molar-refractivity contribution in [3.63, 3.8) is 0 Å². The standard InChI is InChI=1S/C21H19N3O2/c25-20(15-7-9-17(10-8-15)24-11-3-4-12-24)22-13-16-14-23-21(26)19-6-2-1-5-18(16)19/h1-12,16H,13-14H2,(H,22,25)(H,23,26). The second kappa shape index (κ2) is 6.88. The van der Waals surface area contributed by atoms with Crippen molar-refractivity contribution in [2.24, 2.45) is 0 Å². The van der Waals surface area contributed by atoms with E-state index in [-0.39, 0.29) is 17.7 Å². The van der Waals surface area contributed by atoms with Gasteiger partial charge in [-0.15, -0.1) is 0 Å². The quantitative estimate of drug-likeness (QED) is 0.764. The molecule has 130 valence electrons. The lowest BCUT2D eigenvalue weighted by molar-refractivity contribution is 0.0936. The Balaban J connectivity index is 1.43. The smallest absolute Gasteiger partial charge is 0.251 e. The first-order valence-corrected chi connectivity index (χ1v) is 8.61. The SMILES string of the molecule is O=C(NCC1CNC(=O)c2ccccc21)c1ccc(-n2cccc2)cc1. The van der Waals surface area contributed by atoms with Crippen LogP contribution in [0.2, 0.25) is 0 Å². The molecule has 0 radical (unpaired) electrons. The molecule has 0 fully saturated rings. The van der Waals surface area contributed by atoms with Crippen LogP contribution in [0.5, 0.6) is 0 Å². The highest BCUT2D eigenvalue weighted by molar-refractivity contribution is 5.97. The molecule has 1 aliphatic rings. The van der Waals surface area contributed by atoms with Gasteiger partial charge in [0.05, 0.1) is 0 Å². The molecule has 2 amide bonds. The Morgan fingerprint density at radius 1 is 1.04 bits per heavy atom. The van der Waals surface area contributed by atoms with Crippen LogP contribution in [0.25, 0.3) is 5.69 Å². The zero-order chi connectivity index (χ0) is 17.9. The largest absolute Gasteiger partial charge is 0.351 e. The lowest BCUT2D eigenvalue weighted by Gasteiger charge is -2.25. The molecular weight excluding hydrogens is 326 g/mol. The Morgan fingerprint density at radius 3 is 2.54 bits per heavy atom. The van der Waals surface area contributed by atoms with Crippen molar-refractivity contribution in [2.75, 3.05) is 13.1 Å². The highest BCUT2D eigenvalue weighted by Gasteiger charge is 2.25. The van der Waals surface area contributed by atoms with Crippen molar-refractivity contribution in [1.82, 2.24) is 15.2 Å². The fourth-order valence-electron chi connectivity index (χ4n) is 3.27. The van der Waals surface area contributed by atoms with E-state index in [1.807, 2.05) is 77.6 Å². The minimum atomic E-state index is -0.113. The van der Waals surface area contributed by atoms with Crippen molar-refractivity contribution in [3.05, 3.63) is 89.7 Å². The molecule has 0 bridgehead atoms. The number of benzene rings is 2. The lowest BCUT2D eigenvalue weighted by atomic mass is 9.90. The molecule has 2 heterocycles. The summed E-state index contributed by atoms with van der Waals surface area (Å²) in [5, 5.41) is 5.86. The van der Waals surface area contributed by atoms with Crippen LogP contribution < -0.4 is 10.6 Å². The fraction of sp³-hybridized carbons (Fsp3) is 0.143. The van der Waals surface area contributed by atoms with E-state index in [2.05, 4.69) is 10.6 Å². The number of nitrogens with zero attached hydrogens (tertiary/aromatic N) is 1. The molecule has 1 aliphatic heterocycles. The average molecular weight is 345 g/mol. The number of fused-ring (bicyclic) bond motifs is 1. The van der Waals surface area contributed by atoms with Gasteiger partial charge in [0, 0.05) is 48.2 Å². The van der Waals surface area contributed by atoms with Gasteiger partial charge in [-0.3, -0.25) is 9.59 Å². The van der Waals surface area contributed by atoms with Crippen molar-refractivity contribution >= 4 is 11.8 Å². The van der Waals surface area contributed by atoms with Crippen molar-refractivity contribution in [2.45, 2.75) is 5.92 Å². The molecule has 3 aromatic rings. The van der Waals surface area contributed by atoms with Gasteiger partial charge < -0.3 is 15.2 Å². The van der Waals surface area contributed by atoms with Crippen molar-refractivity contribution in [1.29, 1.82) is 0 Å². The third-order valence-electron chi connectivity index (χ3n) is 4.70. The maximum Gasteiger partial charge on any atom is 0.251 e. The summed E-state index contributed by atoms with van der Waals surface area (Å²) in [7, 11) is 0. The van der Waals surface area contributed by atoms with E-state index < -0.39 is 0 Å². The minimum Gasteiger partial charge on any atom is -0.351 e. The molecule has 1 atom stereocenters.